The Labute approximate surface area is 147 Å². The fourth-order valence-corrected chi connectivity index (χ4v) is 2.76. The number of carbonyl (C=O) groups excluding carboxylic acids is 1. The van der Waals surface area contributed by atoms with Crippen molar-refractivity contribution >= 4 is 34.2 Å². The van der Waals surface area contributed by atoms with Gasteiger partial charge in [-0.2, -0.15) is 5.10 Å². The lowest BCUT2D eigenvalue weighted by Crippen LogP contribution is -2.15. The maximum absolute atomic E-state index is 12.7. The van der Waals surface area contributed by atoms with E-state index in [1.165, 1.54) is 17.3 Å². The van der Waals surface area contributed by atoms with Crippen LogP contribution in [0, 0.1) is 6.92 Å². The minimum absolute atomic E-state index is 0.227. The minimum Gasteiger partial charge on any atom is -0.451 e. The van der Waals surface area contributed by atoms with Crippen molar-refractivity contribution < 1.29 is 9.21 Å². The fraction of sp³-hybridized carbons (Fsp3) is 0.0588. The molecule has 0 aliphatic heterocycles. The Kier molecular flexibility index (Phi) is 3.70. The Morgan fingerprint density at radius 2 is 2.20 bits per heavy atom. The summed E-state index contributed by atoms with van der Waals surface area (Å²) in [5.41, 5.74) is 1.83. The van der Waals surface area contributed by atoms with E-state index in [-0.39, 0.29) is 11.7 Å². The zero-order chi connectivity index (χ0) is 17.4. The number of nitrogens with zero attached hydrogens (tertiary/aromatic N) is 4. The molecule has 1 aromatic carbocycles. The summed E-state index contributed by atoms with van der Waals surface area (Å²) in [6.07, 6.45) is 4.51. The highest BCUT2D eigenvalue weighted by Crippen LogP contribution is 2.28. The lowest BCUT2D eigenvalue weighted by atomic mass is 10.1. The molecule has 8 heteroatoms. The molecule has 0 aliphatic carbocycles. The van der Waals surface area contributed by atoms with E-state index in [1.54, 1.807) is 36.5 Å². The second kappa shape index (κ2) is 6.03. The van der Waals surface area contributed by atoms with E-state index in [2.05, 4.69) is 20.4 Å². The molecule has 0 fully saturated rings. The molecule has 0 saturated carbocycles. The summed E-state index contributed by atoms with van der Waals surface area (Å²) < 4.78 is 7.17. The Balaban J connectivity index is 1.71. The number of carbonyl (C=O) groups is 1. The highest BCUT2D eigenvalue weighted by Gasteiger charge is 2.19. The summed E-state index contributed by atoms with van der Waals surface area (Å²) in [6, 6.07) is 8.69. The average molecular weight is 354 g/mol. The Morgan fingerprint density at radius 3 is 3.00 bits per heavy atom. The molecule has 0 spiro atoms. The van der Waals surface area contributed by atoms with Gasteiger partial charge in [0.2, 0.25) is 0 Å². The van der Waals surface area contributed by atoms with Crippen LogP contribution in [-0.4, -0.2) is 25.7 Å². The lowest BCUT2D eigenvalue weighted by Gasteiger charge is -2.08. The first-order chi connectivity index (χ1) is 12.1. The first kappa shape index (κ1) is 15.3. The summed E-state index contributed by atoms with van der Waals surface area (Å²) in [6.45, 7) is 1.82. The molecular weight excluding hydrogens is 342 g/mol. The summed E-state index contributed by atoms with van der Waals surface area (Å²) in [4.78, 5) is 20.8. The number of nitrogens with one attached hydrogen (secondary N) is 1. The van der Waals surface area contributed by atoms with Crippen LogP contribution in [0.1, 0.15) is 16.1 Å². The van der Waals surface area contributed by atoms with Crippen LogP contribution in [0.5, 0.6) is 0 Å². The largest absolute Gasteiger partial charge is 0.451 e. The third kappa shape index (κ3) is 2.74. The molecule has 0 atom stereocenters. The molecule has 3 heterocycles. The van der Waals surface area contributed by atoms with Crippen molar-refractivity contribution in [3.63, 3.8) is 0 Å². The molecule has 1 N–H and O–H groups in total. The molecule has 25 heavy (non-hydrogen) atoms. The fourth-order valence-electron chi connectivity index (χ4n) is 2.58. The van der Waals surface area contributed by atoms with Gasteiger partial charge in [0.15, 0.2) is 11.6 Å². The Bertz CT molecular complexity index is 1070. The van der Waals surface area contributed by atoms with E-state index in [9.17, 15) is 4.79 Å². The van der Waals surface area contributed by atoms with E-state index in [1.807, 2.05) is 6.92 Å². The van der Waals surface area contributed by atoms with Crippen molar-refractivity contribution in [1.82, 2.24) is 19.7 Å². The zero-order valence-corrected chi connectivity index (χ0v) is 13.9. The molecule has 0 aliphatic rings. The van der Waals surface area contributed by atoms with Crippen LogP contribution in [-0.2, 0) is 0 Å². The van der Waals surface area contributed by atoms with Crippen LogP contribution in [0.25, 0.3) is 16.8 Å². The molecular formula is C17H12ClN5O2. The number of aryl methyl sites for hydroxylation is 1. The quantitative estimate of drug-likeness (QED) is 0.608. The van der Waals surface area contributed by atoms with Gasteiger partial charge in [0.25, 0.3) is 5.91 Å². The van der Waals surface area contributed by atoms with Gasteiger partial charge in [-0.15, -0.1) is 0 Å². The number of anilines is 1. The number of aromatic nitrogens is 4. The summed E-state index contributed by atoms with van der Waals surface area (Å²) in [5.74, 6) is 0.315. The molecule has 0 bridgehead atoms. The number of pyridine rings is 1. The molecule has 124 valence electrons. The SMILES string of the molecule is Cc1c(C(=O)Nc2cccnc2-n2cncn2)oc2ccc(Cl)cc12. The molecule has 0 radical (unpaired) electrons. The number of halogens is 1. The average Bonchev–Trinajstić information content (AvgIpc) is 3.24. The molecule has 0 unspecified atom stereocenters. The van der Waals surface area contributed by atoms with E-state index >= 15 is 0 Å². The van der Waals surface area contributed by atoms with Gasteiger partial charge in [-0.05, 0) is 37.3 Å². The number of benzene rings is 1. The highest BCUT2D eigenvalue weighted by molar-refractivity contribution is 6.31. The van der Waals surface area contributed by atoms with Crippen molar-refractivity contribution in [3.05, 3.63) is 65.5 Å². The van der Waals surface area contributed by atoms with E-state index in [0.29, 0.717) is 22.1 Å². The zero-order valence-electron chi connectivity index (χ0n) is 13.1. The van der Waals surface area contributed by atoms with Crippen LogP contribution in [0.4, 0.5) is 5.69 Å². The third-order valence-electron chi connectivity index (χ3n) is 3.78. The standard InChI is InChI=1S/C17H12ClN5O2/c1-10-12-7-11(18)4-5-14(12)25-15(10)17(24)22-13-3-2-6-20-16(13)23-9-19-8-21-23/h2-9H,1H3,(H,22,24). The number of rotatable bonds is 3. The van der Waals surface area contributed by atoms with Gasteiger partial charge in [-0.3, -0.25) is 4.79 Å². The number of hydrogen-bond donors (Lipinski definition) is 1. The molecule has 4 aromatic rings. The number of fused-ring (bicyclic) bond motifs is 1. The number of amides is 1. The molecule has 4 rings (SSSR count). The van der Waals surface area contributed by atoms with Crippen LogP contribution in [0.2, 0.25) is 5.02 Å². The second-order valence-electron chi connectivity index (χ2n) is 5.37. The van der Waals surface area contributed by atoms with Crippen LogP contribution < -0.4 is 5.32 Å². The maximum atomic E-state index is 12.7. The predicted octanol–water partition coefficient (Wildman–Crippen LogP) is 3.62. The monoisotopic (exact) mass is 353 g/mol. The van der Waals surface area contributed by atoms with Crippen LogP contribution in [0.3, 0.4) is 0 Å². The second-order valence-corrected chi connectivity index (χ2v) is 5.80. The topological polar surface area (TPSA) is 85.8 Å². The summed E-state index contributed by atoms with van der Waals surface area (Å²) >= 11 is 6.02. The normalized spacial score (nSPS) is 11.0. The first-order valence-electron chi connectivity index (χ1n) is 7.43. The van der Waals surface area contributed by atoms with E-state index in [4.69, 9.17) is 16.0 Å². The molecule has 0 saturated heterocycles. The minimum atomic E-state index is -0.376. The van der Waals surface area contributed by atoms with Crippen LogP contribution in [0.15, 0.2) is 53.6 Å². The maximum Gasteiger partial charge on any atom is 0.291 e. The van der Waals surface area contributed by atoms with Gasteiger partial charge in [-0.25, -0.2) is 14.6 Å². The van der Waals surface area contributed by atoms with Crippen molar-refractivity contribution in [2.45, 2.75) is 6.92 Å². The van der Waals surface area contributed by atoms with E-state index < -0.39 is 0 Å². The van der Waals surface area contributed by atoms with Gasteiger partial charge >= 0.3 is 0 Å². The molecule has 3 aromatic heterocycles. The smallest absolute Gasteiger partial charge is 0.291 e. The molecule has 7 nitrogen and oxygen atoms in total. The Morgan fingerprint density at radius 1 is 1.32 bits per heavy atom. The number of furan rings is 1. The predicted molar refractivity (Wildman–Crippen MR) is 93.1 cm³/mol. The lowest BCUT2D eigenvalue weighted by molar-refractivity contribution is 0.0998. The van der Waals surface area contributed by atoms with Gasteiger partial charge in [-0.1, -0.05) is 11.6 Å². The number of hydrogen-bond acceptors (Lipinski definition) is 5. The van der Waals surface area contributed by atoms with Gasteiger partial charge in [0.05, 0.1) is 5.69 Å². The third-order valence-corrected chi connectivity index (χ3v) is 4.01. The Hall–Kier alpha value is -3.19. The highest BCUT2D eigenvalue weighted by atomic mass is 35.5. The van der Waals surface area contributed by atoms with Crippen molar-refractivity contribution in [3.8, 4) is 5.82 Å². The van der Waals surface area contributed by atoms with Crippen molar-refractivity contribution in [1.29, 1.82) is 0 Å². The van der Waals surface area contributed by atoms with Crippen LogP contribution >= 0.6 is 11.6 Å². The van der Waals surface area contributed by atoms with Gasteiger partial charge < -0.3 is 9.73 Å². The van der Waals surface area contributed by atoms with Crippen molar-refractivity contribution in [2.24, 2.45) is 0 Å². The first-order valence-corrected chi connectivity index (χ1v) is 7.81. The molecule has 1 amide bonds. The van der Waals surface area contributed by atoms with Crippen molar-refractivity contribution in [2.75, 3.05) is 5.32 Å². The van der Waals surface area contributed by atoms with Gasteiger partial charge in [0.1, 0.15) is 18.2 Å². The summed E-state index contributed by atoms with van der Waals surface area (Å²) in [7, 11) is 0. The summed E-state index contributed by atoms with van der Waals surface area (Å²) in [5, 5.41) is 8.25. The van der Waals surface area contributed by atoms with E-state index in [0.717, 1.165) is 10.9 Å². The van der Waals surface area contributed by atoms with Gasteiger partial charge in [0, 0.05) is 22.2 Å².